The standard InChI is InChI=1S/C19H13BrF2O8S2/c20-14-3-1-13(2-4-14)19(27-15-5-9-17(10-6-15)29-31(21,23)24)28-16-7-11-18(12-8-16)30-32(22,25)26/h1-12,19H. The lowest BCUT2D eigenvalue weighted by atomic mass is 10.2. The van der Waals surface area contributed by atoms with Crippen LogP contribution in [0.4, 0.5) is 7.77 Å². The molecule has 0 atom stereocenters. The van der Waals surface area contributed by atoms with E-state index in [1.54, 1.807) is 24.3 Å². The van der Waals surface area contributed by atoms with Crippen molar-refractivity contribution >= 4 is 36.9 Å². The second-order valence-electron chi connectivity index (χ2n) is 6.01. The van der Waals surface area contributed by atoms with E-state index >= 15 is 0 Å². The van der Waals surface area contributed by atoms with Crippen LogP contribution in [0.15, 0.2) is 77.3 Å². The van der Waals surface area contributed by atoms with Crippen molar-refractivity contribution in [1.82, 2.24) is 0 Å². The highest BCUT2D eigenvalue weighted by molar-refractivity contribution is 9.10. The van der Waals surface area contributed by atoms with Crippen molar-refractivity contribution in [2.24, 2.45) is 0 Å². The van der Waals surface area contributed by atoms with Crippen LogP contribution in [-0.4, -0.2) is 16.8 Å². The Kier molecular flexibility index (Phi) is 7.21. The Balaban J connectivity index is 1.80. The molecule has 0 radical (unpaired) electrons. The summed E-state index contributed by atoms with van der Waals surface area (Å²) in [6.45, 7) is 0. The van der Waals surface area contributed by atoms with Crippen LogP contribution in [0.2, 0.25) is 0 Å². The summed E-state index contributed by atoms with van der Waals surface area (Å²) in [6.07, 6.45) is -1.00. The Hall–Kier alpha value is -2.90. The highest BCUT2D eigenvalue weighted by atomic mass is 79.9. The van der Waals surface area contributed by atoms with Gasteiger partial charge >= 0.3 is 21.0 Å². The molecule has 13 heteroatoms. The maximum atomic E-state index is 12.6. The molecule has 0 saturated carbocycles. The summed E-state index contributed by atoms with van der Waals surface area (Å²) in [5.74, 6) is -0.0197. The lowest BCUT2D eigenvalue weighted by Crippen LogP contribution is -2.15. The van der Waals surface area contributed by atoms with E-state index in [1.165, 1.54) is 48.5 Å². The van der Waals surface area contributed by atoms with Gasteiger partial charge in [0.15, 0.2) is 0 Å². The van der Waals surface area contributed by atoms with Crippen LogP contribution in [0.5, 0.6) is 23.0 Å². The van der Waals surface area contributed by atoms with E-state index in [0.717, 1.165) is 4.47 Å². The molecule has 0 N–H and O–H groups in total. The zero-order chi connectivity index (χ0) is 23.4. The second-order valence-corrected chi connectivity index (χ2v) is 8.84. The minimum Gasteiger partial charge on any atom is -0.451 e. The summed E-state index contributed by atoms with van der Waals surface area (Å²) in [6, 6.07) is 17.1. The topological polar surface area (TPSA) is 105 Å². The van der Waals surface area contributed by atoms with Crippen LogP contribution in [-0.2, 0) is 21.0 Å². The van der Waals surface area contributed by atoms with Crippen molar-refractivity contribution in [3.63, 3.8) is 0 Å². The van der Waals surface area contributed by atoms with Gasteiger partial charge in [-0.25, -0.2) is 0 Å². The SMILES string of the molecule is O=S(=O)(F)Oc1ccc(OC(Oc2ccc(OS(=O)(=O)F)cc2)c2ccc(Br)cc2)cc1. The summed E-state index contributed by atoms with van der Waals surface area (Å²) in [5.41, 5.74) is 0.589. The van der Waals surface area contributed by atoms with Crippen LogP contribution < -0.4 is 17.8 Å². The predicted octanol–water partition coefficient (Wildman–Crippen LogP) is 4.79. The maximum Gasteiger partial charge on any atom is 0.488 e. The number of rotatable bonds is 9. The monoisotopic (exact) mass is 550 g/mol. The van der Waals surface area contributed by atoms with E-state index in [9.17, 15) is 24.6 Å². The number of hydrogen-bond acceptors (Lipinski definition) is 8. The Morgan fingerprint density at radius 1 is 0.594 bits per heavy atom. The average molecular weight is 551 g/mol. The third-order valence-electron chi connectivity index (χ3n) is 3.67. The molecule has 0 fully saturated rings. The van der Waals surface area contributed by atoms with Gasteiger partial charge in [0, 0.05) is 10.0 Å². The molecule has 0 aliphatic carbocycles. The van der Waals surface area contributed by atoms with Crippen LogP contribution in [0.25, 0.3) is 0 Å². The summed E-state index contributed by atoms with van der Waals surface area (Å²) in [7, 11) is -10.3. The third-order valence-corrected chi connectivity index (χ3v) is 4.98. The van der Waals surface area contributed by atoms with Crippen LogP contribution >= 0.6 is 15.9 Å². The van der Waals surface area contributed by atoms with E-state index < -0.39 is 27.3 Å². The molecule has 0 spiro atoms. The van der Waals surface area contributed by atoms with E-state index in [4.69, 9.17) is 9.47 Å². The molecule has 0 aliphatic rings. The first-order valence-electron chi connectivity index (χ1n) is 8.54. The first-order valence-corrected chi connectivity index (χ1v) is 11.9. The quantitative estimate of drug-likeness (QED) is 0.276. The Labute approximate surface area is 191 Å². The Morgan fingerprint density at radius 3 is 1.28 bits per heavy atom. The summed E-state index contributed by atoms with van der Waals surface area (Å²) in [4.78, 5) is 0. The van der Waals surface area contributed by atoms with E-state index in [-0.39, 0.29) is 23.0 Å². The number of halogens is 3. The fraction of sp³-hybridized carbons (Fsp3) is 0.0526. The number of benzene rings is 3. The first kappa shape index (κ1) is 23.8. The molecule has 0 amide bonds. The van der Waals surface area contributed by atoms with E-state index in [1.807, 2.05) is 0 Å². The van der Waals surface area contributed by atoms with E-state index in [2.05, 4.69) is 24.3 Å². The van der Waals surface area contributed by atoms with Crippen LogP contribution in [0.3, 0.4) is 0 Å². The van der Waals surface area contributed by atoms with Crippen molar-refractivity contribution < 1.29 is 42.4 Å². The smallest absolute Gasteiger partial charge is 0.451 e. The predicted molar refractivity (Wildman–Crippen MR) is 112 cm³/mol. The van der Waals surface area contributed by atoms with Crippen LogP contribution in [0.1, 0.15) is 11.9 Å². The van der Waals surface area contributed by atoms with Gasteiger partial charge in [0.1, 0.15) is 23.0 Å². The van der Waals surface area contributed by atoms with Crippen molar-refractivity contribution in [2.45, 2.75) is 6.29 Å². The highest BCUT2D eigenvalue weighted by Gasteiger charge is 2.17. The molecule has 3 aromatic carbocycles. The fourth-order valence-electron chi connectivity index (χ4n) is 2.40. The Morgan fingerprint density at radius 2 is 0.938 bits per heavy atom. The average Bonchev–Trinajstić information content (AvgIpc) is 2.69. The van der Waals surface area contributed by atoms with Crippen LogP contribution in [0, 0.1) is 0 Å². The summed E-state index contributed by atoms with van der Waals surface area (Å²) >= 11 is 3.32. The van der Waals surface area contributed by atoms with Crippen molar-refractivity contribution in [3.05, 3.63) is 82.8 Å². The number of ether oxygens (including phenoxy) is 2. The molecule has 0 aromatic heterocycles. The largest absolute Gasteiger partial charge is 0.488 e. The molecule has 0 aliphatic heterocycles. The fourth-order valence-corrected chi connectivity index (χ4v) is 3.35. The van der Waals surface area contributed by atoms with Gasteiger partial charge in [-0.3, -0.25) is 0 Å². The molecule has 8 nitrogen and oxygen atoms in total. The first-order chi connectivity index (χ1) is 15.0. The lowest BCUT2D eigenvalue weighted by Gasteiger charge is -2.21. The molecular formula is C19H13BrF2O8S2. The minimum atomic E-state index is -5.16. The zero-order valence-electron chi connectivity index (χ0n) is 15.7. The van der Waals surface area contributed by atoms with Gasteiger partial charge < -0.3 is 17.8 Å². The molecular weight excluding hydrogens is 538 g/mol. The molecule has 0 saturated heterocycles. The van der Waals surface area contributed by atoms with Gasteiger partial charge in [0.2, 0.25) is 0 Å². The summed E-state index contributed by atoms with van der Waals surface area (Å²) in [5, 5.41) is 0. The minimum absolute atomic E-state index is 0.241. The molecule has 0 unspecified atom stereocenters. The van der Waals surface area contributed by atoms with Gasteiger partial charge in [0.25, 0.3) is 6.29 Å². The van der Waals surface area contributed by atoms with Crippen molar-refractivity contribution in [3.8, 4) is 23.0 Å². The van der Waals surface area contributed by atoms with Crippen molar-refractivity contribution in [2.75, 3.05) is 0 Å². The van der Waals surface area contributed by atoms with E-state index in [0.29, 0.717) is 5.56 Å². The van der Waals surface area contributed by atoms with Gasteiger partial charge in [-0.1, -0.05) is 35.8 Å². The Bertz CT molecular complexity index is 1180. The molecule has 0 heterocycles. The molecule has 32 heavy (non-hydrogen) atoms. The molecule has 3 rings (SSSR count). The molecule has 170 valence electrons. The van der Waals surface area contributed by atoms with Gasteiger partial charge in [-0.15, -0.1) is 0 Å². The lowest BCUT2D eigenvalue weighted by molar-refractivity contribution is 0.00375. The molecule has 3 aromatic rings. The summed E-state index contributed by atoms with van der Waals surface area (Å²) < 4.78 is 88.3. The molecule has 0 bridgehead atoms. The third kappa shape index (κ3) is 7.66. The van der Waals surface area contributed by atoms with Gasteiger partial charge in [-0.05, 0) is 60.7 Å². The maximum absolute atomic E-state index is 12.6. The number of hydrogen-bond donors (Lipinski definition) is 0. The zero-order valence-corrected chi connectivity index (χ0v) is 18.9. The highest BCUT2D eigenvalue weighted by Crippen LogP contribution is 2.29. The second kappa shape index (κ2) is 9.71. The van der Waals surface area contributed by atoms with Gasteiger partial charge in [0.05, 0.1) is 0 Å². The normalized spacial score (nSPS) is 11.8. The van der Waals surface area contributed by atoms with Crippen molar-refractivity contribution in [1.29, 1.82) is 0 Å². The van der Waals surface area contributed by atoms with Gasteiger partial charge in [-0.2, -0.15) is 16.8 Å².